The van der Waals surface area contributed by atoms with E-state index in [2.05, 4.69) is 14.5 Å². The van der Waals surface area contributed by atoms with Gasteiger partial charge in [-0.1, -0.05) is 0 Å². The summed E-state index contributed by atoms with van der Waals surface area (Å²) in [5, 5.41) is 0. The number of amides is 1. The van der Waals surface area contributed by atoms with Crippen molar-refractivity contribution in [2.24, 2.45) is 7.05 Å². The maximum atomic E-state index is 12.6. The molecule has 1 aliphatic rings. The van der Waals surface area contributed by atoms with Crippen molar-refractivity contribution in [3.63, 3.8) is 0 Å². The van der Waals surface area contributed by atoms with Crippen molar-refractivity contribution in [3.8, 4) is 0 Å². The van der Waals surface area contributed by atoms with E-state index in [9.17, 15) is 4.79 Å². The molecule has 2 aromatic heterocycles. The van der Waals surface area contributed by atoms with E-state index in [0.717, 1.165) is 48.0 Å². The molecule has 112 valence electrons. The number of rotatable bonds is 2. The first-order chi connectivity index (χ1) is 10.1. The molecule has 0 aromatic carbocycles. The van der Waals surface area contributed by atoms with Gasteiger partial charge in [0.05, 0.1) is 16.9 Å². The Balaban J connectivity index is 1.79. The average Bonchev–Trinajstić information content (AvgIpc) is 3.03. The van der Waals surface area contributed by atoms with Gasteiger partial charge >= 0.3 is 0 Å². The first-order valence-corrected chi connectivity index (χ1v) is 8.13. The van der Waals surface area contributed by atoms with E-state index in [1.807, 2.05) is 32.0 Å². The van der Waals surface area contributed by atoms with Crippen LogP contribution in [-0.4, -0.2) is 38.4 Å². The molecule has 2 aromatic rings. The second-order valence-electron chi connectivity index (χ2n) is 5.71. The quantitative estimate of drug-likeness (QED) is 0.856. The van der Waals surface area contributed by atoms with Gasteiger partial charge in [-0.05, 0) is 26.7 Å². The highest BCUT2D eigenvalue weighted by atomic mass is 32.1. The van der Waals surface area contributed by atoms with Gasteiger partial charge in [0.2, 0.25) is 0 Å². The molecule has 5 nitrogen and oxygen atoms in total. The van der Waals surface area contributed by atoms with Gasteiger partial charge in [0, 0.05) is 32.3 Å². The van der Waals surface area contributed by atoms with Gasteiger partial charge in [0.1, 0.15) is 10.7 Å². The van der Waals surface area contributed by atoms with Crippen LogP contribution in [0.2, 0.25) is 0 Å². The third-order valence-corrected chi connectivity index (χ3v) is 4.96. The number of aryl methyl sites for hydroxylation is 3. The predicted octanol–water partition coefficient (Wildman–Crippen LogP) is 2.51. The molecule has 0 unspecified atom stereocenters. The molecule has 21 heavy (non-hydrogen) atoms. The molecule has 1 aliphatic heterocycles. The third-order valence-electron chi connectivity index (χ3n) is 4.05. The molecular formula is C15H20N4OS. The third kappa shape index (κ3) is 2.72. The smallest absolute Gasteiger partial charge is 0.265 e. The molecular weight excluding hydrogens is 284 g/mol. The highest BCUT2D eigenvalue weighted by Crippen LogP contribution is 2.28. The van der Waals surface area contributed by atoms with E-state index in [4.69, 9.17) is 0 Å². The zero-order chi connectivity index (χ0) is 15.0. The van der Waals surface area contributed by atoms with Crippen molar-refractivity contribution in [3.05, 3.63) is 33.8 Å². The summed E-state index contributed by atoms with van der Waals surface area (Å²) in [4.78, 5) is 24.1. The molecule has 0 bridgehead atoms. The van der Waals surface area contributed by atoms with Gasteiger partial charge in [0.15, 0.2) is 0 Å². The van der Waals surface area contributed by atoms with E-state index in [1.54, 1.807) is 5.51 Å². The van der Waals surface area contributed by atoms with E-state index in [-0.39, 0.29) is 5.91 Å². The Bertz CT molecular complexity index is 660. The molecule has 1 fully saturated rings. The minimum absolute atomic E-state index is 0.116. The number of aromatic nitrogens is 3. The zero-order valence-electron chi connectivity index (χ0n) is 12.7. The summed E-state index contributed by atoms with van der Waals surface area (Å²) in [6.45, 7) is 5.49. The Hall–Kier alpha value is -1.69. The number of carbonyl (C=O) groups excluding carboxylic acids is 1. The number of nitrogens with zero attached hydrogens (tertiary/aromatic N) is 4. The molecule has 0 radical (unpaired) electrons. The Morgan fingerprint density at radius 2 is 2.24 bits per heavy atom. The summed E-state index contributed by atoms with van der Waals surface area (Å²) in [6.07, 6.45) is 4.17. The van der Waals surface area contributed by atoms with E-state index < -0.39 is 0 Å². The molecule has 0 spiro atoms. The van der Waals surface area contributed by atoms with Crippen LogP contribution in [0.1, 0.15) is 45.6 Å². The van der Waals surface area contributed by atoms with Gasteiger partial charge in [-0.15, -0.1) is 11.3 Å². The minimum atomic E-state index is 0.116. The monoisotopic (exact) mass is 304 g/mol. The lowest BCUT2D eigenvalue weighted by Gasteiger charge is -2.32. The molecule has 1 atom stereocenters. The van der Waals surface area contributed by atoms with Gasteiger partial charge in [0.25, 0.3) is 5.91 Å². The summed E-state index contributed by atoms with van der Waals surface area (Å²) in [5.74, 6) is 1.53. The van der Waals surface area contributed by atoms with Crippen LogP contribution in [0.5, 0.6) is 0 Å². The van der Waals surface area contributed by atoms with Crippen LogP contribution < -0.4 is 0 Å². The van der Waals surface area contributed by atoms with Crippen LogP contribution in [-0.2, 0) is 7.05 Å². The van der Waals surface area contributed by atoms with Gasteiger partial charge in [-0.3, -0.25) is 4.79 Å². The number of hydrogen-bond donors (Lipinski definition) is 0. The lowest BCUT2D eigenvalue weighted by molar-refractivity contribution is 0.0707. The molecule has 3 rings (SSSR count). The second-order valence-corrected chi connectivity index (χ2v) is 6.56. The summed E-state index contributed by atoms with van der Waals surface area (Å²) in [7, 11) is 2.03. The van der Waals surface area contributed by atoms with Gasteiger partial charge in [-0.25, -0.2) is 9.97 Å². The fourth-order valence-corrected chi connectivity index (χ4v) is 3.81. The van der Waals surface area contributed by atoms with Gasteiger partial charge in [-0.2, -0.15) is 0 Å². The maximum Gasteiger partial charge on any atom is 0.265 e. The molecule has 1 saturated heterocycles. The Kier molecular flexibility index (Phi) is 3.80. The standard InChI is InChI=1S/C15H20N4OS/c1-10-7-18(3)14(17-10)12-5-4-6-19(8-12)15(20)13-11(2)16-9-21-13/h7,9,12H,4-6,8H2,1-3H3/t12-/m1/s1. The second kappa shape index (κ2) is 5.60. The van der Waals surface area contributed by atoms with Crippen molar-refractivity contribution < 1.29 is 4.79 Å². The summed E-state index contributed by atoms with van der Waals surface area (Å²) in [6, 6.07) is 0. The summed E-state index contributed by atoms with van der Waals surface area (Å²) in [5.41, 5.74) is 3.61. The summed E-state index contributed by atoms with van der Waals surface area (Å²) < 4.78 is 2.09. The van der Waals surface area contributed by atoms with Crippen LogP contribution in [0, 0.1) is 13.8 Å². The molecule has 0 saturated carbocycles. The molecule has 0 N–H and O–H groups in total. The number of piperidine rings is 1. The van der Waals surface area contributed by atoms with Crippen LogP contribution >= 0.6 is 11.3 Å². The Morgan fingerprint density at radius 1 is 1.43 bits per heavy atom. The number of hydrogen-bond acceptors (Lipinski definition) is 4. The topological polar surface area (TPSA) is 51.0 Å². The Labute approximate surface area is 128 Å². The lowest BCUT2D eigenvalue weighted by atomic mass is 9.97. The fourth-order valence-electron chi connectivity index (χ4n) is 3.04. The van der Waals surface area contributed by atoms with Crippen LogP contribution in [0.25, 0.3) is 0 Å². The largest absolute Gasteiger partial charge is 0.337 e. The van der Waals surface area contributed by atoms with Crippen molar-refractivity contribution in [2.45, 2.75) is 32.6 Å². The number of likely N-dealkylation sites (tertiary alicyclic amines) is 1. The Morgan fingerprint density at radius 3 is 2.86 bits per heavy atom. The first kappa shape index (κ1) is 14.3. The fraction of sp³-hybridized carbons (Fsp3) is 0.533. The highest BCUT2D eigenvalue weighted by molar-refractivity contribution is 7.11. The molecule has 3 heterocycles. The van der Waals surface area contributed by atoms with Crippen molar-refractivity contribution in [2.75, 3.05) is 13.1 Å². The predicted molar refractivity (Wildman–Crippen MR) is 82.7 cm³/mol. The number of imidazole rings is 1. The first-order valence-electron chi connectivity index (χ1n) is 7.25. The molecule has 6 heteroatoms. The normalized spacial score (nSPS) is 19.0. The van der Waals surface area contributed by atoms with Crippen molar-refractivity contribution in [1.29, 1.82) is 0 Å². The van der Waals surface area contributed by atoms with Crippen molar-refractivity contribution >= 4 is 17.2 Å². The lowest BCUT2D eigenvalue weighted by Crippen LogP contribution is -2.39. The van der Waals surface area contributed by atoms with E-state index in [0.29, 0.717) is 5.92 Å². The van der Waals surface area contributed by atoms with Crippen LogP contribution in [0.15, 0.2) is 11.7 Å². The SMILES string of the molecule is Cc1cn(C)c([C@@H]2CCCN(C(=O)c3scnc3C)C2)n1. The number of thiazole rings is 1. The maximum absolute atomic E-state index is 12.6. The molecule has 0 aliphatic carbocycles. The van der Waals surface area contributed by atoms with Crippen LogP contribution in [0.3, 0.4) is 0 Å². The zero-order valence-corrected chi connectivity index (χ0v) is 13.5. The molecule has 1 amide bonds. The highest BCUT2D eigenvalue weighted by Gasteiger charge is 2.29. The van der Waals surface area contributed by atoms with Gasteiger partial charge < -0.3 is 9.47 Å². The van der Waals surface area contributed by atoms with E-state index in [1.165, 1.54) is 11.3 Å². The van der Waals surface area contributed by atoms with Crippen LogP contribution in [0.4, 0.5) is 0 Å². The number of carbonyl (C=O) groups is 1. The van der Waals surface area contributed by atoms with E-state index >= 15 is 0 Å². The summed E-state index contributed by atoms with van der Waals surface area (Å²) >= 11 is 1.43. The average molecular weight is 304 g/mol. The van der Waals surface area contributed by atoms with Crippen molar-refractivity contribution in [1.82, 2.24) is 19.4 Å². The minimum Gasteiger partial charge on any atom is -0.337 e.